The maximum absolute atomic E-state index is 4.81. The first-order chi connectivity index (χ1) is 15.9. The zero-order chi connectivity index (χ0) is 21.8. The molecular formula is C29H28NPSe. The van der Waals surface area contributed by atoms with E-state index in [9.17, 15) is 0 Å². The summed E-state index contributed by atoms with van der Waals surface area (Å²) in [6, 6.07) is 41.4. The van der Waals surface area contributed by atoms with Crippen molar-refractivity contribution in [1.82, 2.24) is 0 Å². The number of benzene rings is 4. The predicted molar refractivity (Wildman–Crippen MR) is 143 cm³/mol. The first-order valence-corrected chi connectivity index (χ1v) is 14.5. The van der Waals surface area contributed by atoms with Crippen LogP contribution in [0.15, 0.2) is 120 Å². The summed E-state index contributed by atoms with van der Waals surface area (Å²) in [7, 11) is -0.611. The summed E-state index contributed by atoms with van der Waals surface area (Å²) in [6.07, 6.45) is 4.49. The molecule has 1 nitrogen and oxygen atoms in total. The summed E-state index contributed by atoms with van der Waals surface area (Å²) in [6.45, 7) is 0.897. The minimum absolute atomic E-state index is 0.582. The van der Waals surface area contributed by atoms with Gasteiger partial charge in [-0.15, -0.1) is 0 Å². The molecule has 32 heavy (non-hydrogen) atoms. The van der Waals surface area contributed by atoms with E-state index in [0.29, 0.717) is 15.0 Å². The van der Waals surface area contributed by atoms with Gasteiger partial charge in [0.05, 0.1) is 0 Å². The monoisotopic (exact) mass is 501 g/mol. The van der Waals surface area contributed by atoms with Crippen LogP contribution in [0.5, 0.6) is 0 Å². The number of hydrogen-bond donors (Lipinski definition) is 0. The molecule has 0 bridgehead atoms. The molecule has 0 aliphatic rings. The first kappa shape index (κ1) is 22.7. The van der Waals surface area contributed by atoms with Crippen LogP contribution < -0.4 is 20.4 Å². The van der Waals surface area contributed by atoms with Gasteiger partial charge in [-0.3, -0.25) is 0 Å². The van der Waals surface area contributed by atoms with Crippen LogP contribution in [0.1, 0.15) is 18.4 Å². The van der Waals surface area contributed by atoms with Crippen LogP contribution in [0.4, 0.5) is 0 Å². The number of rotatable bonds is 10. The quantitative estimate of drug-likeness (QED) is 0.125. The third-order valence-corrected chi connectivity index (χ3v) is 9.95. The Kier molecular flexibility index (Phi) is 8.87. The van der Waals surface area contributed by atoms with Crippen molar-refractivity contribution in [2.24, 2.45) is 4.99 Å². The van der Waals surface area contributed by atoms with Gasteiger partial charge in [0.1, 0.15) is 0 Å². The summed E-state index contributed by atoms with van der Waals surface area (Å²) in [5.41, 5.74) is 1.24. The second kappa shape index (κ2) is 12.5. The molecule has 0 saturated carbocycles. The van der Waals surface area contributed by atoms with Crippen molar-refractivity contribution in [3.63, 3.8) is 0 Å². The normalized spacial score (nSPS) is 11.3. The Morgan fingerprint density at radius 2 is 1.19 bits per heavy atom. The molecule has 0 saturated heterocycles. The summed E-state index contributed by atoms with van der Waals surface area (Å²) >= 11 is 0.582. The van der Waals surface area contributed by atoms with Gasteiger partial charge in [-0.25, -0.2) is 0 Å². The third kappa shape index (κ3) is 6.50. The van der Waals surface area contributed by atoms with E-state index in [4.69, 9.17) is 4.99 Å². The van der Waals surface area contributed by atoms with Crippen molar-refractivity contribution in [1.29, 1.82) is 0 Å². The molecule has 0 atom stereocenters. The van der Waals surface area contributed by atoms with Crippen molar-refractivity contribution in [2.75, 3.05) is 6.54 Å². The van der Waals surface area contributed by atoms with Gasteiger partial charge in [0.15, 0.2) is 0 Å². The standard InChI is InChI=1S/C29H28NPSe/c1-4-15-26(16-5-1)31(27-17-6-2-7-18-27)29-21-11-10-14-25(29)24-30-22-12-13-23-32-28-19-8-3-9-20-28/h1-11,14-21,24H,12-13,22-23H2. The van der Waals surface area contributed by atoms with Crippen molar-refractivity contribution >= 4 is 49.5 Å². The molecule has 3 heteroatoms. The molecule has 0 heterocycles. The van der Waals surface area contributed by atoms with E-state index in [1.807, 2.05) is 0 Å². The van der Waals surface area contributed by atoms with Crippen LogP contribution in [0.2, 0.25) is 5.32 Å². The molecule has 0 amide bonds. The molecule has 0 aliphatic heterocycles. The topological polar surface area (TPSA) is 12.4 Å². The van der Waals surface area contributed by atoms with E-state index < -0.39 is 7.92 Å². The van der Waals surface area contributed by atoms with E-state index in [1.54, 1.807) is 0 Å². The Morgan fingerprint density at radius 1 is 0.625 bits per heavy atom. The van der Waals surface area contributed by atoms with Crippen molar-refractivity contribution in [2.45, 2.75) is 18.2 Å². The van der Waals surface area contributed by atoms with E-state index >= 15 is 0 Å². The molecule has 4 aromatic rings. The fourth-order valence-electron chi connectivity index (χ4n) is 3.56. The summed E-state index contributed by atoms with van der Waals surface area (Å²) < 4.78 is 1.49. The molecule has 0 N–H and O–H groups in total. The number of hydrogen-bond acceptors (Lipinski definition) is 1. The first-order valence-electron chi connectivity index (χ1n) is 11.1. The van der Waals surface area contributed by atoms with Gasteiger partial charge in [-0.1, -0.05) is 12.1 Å². The Morgan fingerprint density at radius 3 is 1.84 bits per heavy atom. The van der Waals surface area contributed by atoms with Crippen LogP contribution in [-0.2, 0) is 0 Å². The zero-order valence-corrected chi connectivity index (χ0v) is 20.8. The second-order valence-electron chi connectivity index (χ2n) is 7.47. The van der Waals surface area contributed by atoms with E-state index in [-0.39, 0.29) is 0 Å². The fourth-order valence-corrected chi connectivity index (χ4v) is 7.94. The zero-order valence-electron chi connectivity index (χ0n) is 18.2. The number of nitrogens with zero attached hydrogens (tertiary/aromatic N) is 1. The van der Waals surface area contributed by atoms with Gasteiger partial charge in [-0.2, -0.15) is 0 Å². The van der Waals surface area contributed by atoms with Crippen molar-refractivity contribution in [3.05, 3.63) is 121 Å². The van der Waals surface area contributed by atoms with Gasteiger partial charge in [0.2, 0.25) is 0 Å². The fraction of sp³-hybridized carbons (Fsp3) is 0.138. The Hall–Kier alpha value is -2.50. The van der Waals surface area contributed by atoms with Gasteiger partial charge >= 0.3 is 188 Å². The Balaban J connectivity index is 1.43. The molecule has 0 aromatic heterocycles. The van der Waals surface area contributed by atoms with Gasteiger partial charge in [0.25, 0.3) is 0 Å². The van der Waals surface area contributed by atoms with Crippen molar-refractivity contribution < 1.29 is 0 Å². The van der Waals surface area contributed by atoms with Crippen LogP contribution in [-0.4, -0.2) is 27.7 Å². The van der Waals surface area contributed by atoms with Crippen LogP contribution in [0, 0.1) is 0 Å². The number of aliphatic imine (C=N–C) groups is 1. The Bertz CT molecular complexity index is 1060. The Labute approximate surface area is 199 Å². The van der Waals surface area contributed by atoms with E-state index in [2.05, 4.69) is 121 Å². The summed E-state index contributed by atoms with van der Waals surface area (Å²) in [5, 5.41) is 5.41. The maximum atomic E-state index is 4.81. The van der Waals surface area contributed by atoms with E-state index in [1.165, 1.54) is 37.7 Å². The van der Waals surface area contributed by atoms with Crippen molar-refractivity contribution in [3.8, 4) is 0 Å². The third-order valence-electron chi connectivity index (χ3n) is 5.13. The molecule has 4 rings (SSSR count). The van der Waals surface area contributed by atoms with Gasteiger partial charge in [-0.05, 0) is 0 Å². The average molecular weight is 500 g/mol. The molecule has 4 aromatic carbocycles. The van der Waals surface area contributed by atoms with E-state index in [0.717, 1.165) is 13.0 Å². The number of unbranched alkanes of at least 4 members (excludes halogenated alkanes) is 1. The van der Waals surface area contributed by atoms with Crippen LogP contribution in [0.25, 0.3) is 0 Å². The summed E-state index contributed by atoms with van der Waals surface area (Å²) in [5.74, 6) is 0. The molecule has 0 fully saturated rings. The minimum atomic E-state index is -0.611. The predicted octanol–water partition coefficient (Wildman–Crippen LogP) is 5.09. The molecule has 0 radical (unpaired) electrons. The molecular weight excluding hydrogens is 472 g/mol. The molecule has 160 valence electrons. The second-order valence-corrected chi connectivity index (χ2v) is 12.1. The van der Waals surface area contributed by atoms with Crippen LogP contribution in [0.3, 0.4) is 0 Å². The SMILES string of the molecule is C(=NCCCC[Se]c1ccccc1)c1ccccc1P(c1ccccc1)c1ccccc1. The molecule has 0 unspecified atom stereocenters. The van der Waals surface area contributed by atoms with Crippen LogP contribution >= 0.6 is 7.92 Å². The van der Waals surface area contributed by atoms with Gasteiger partial charge < -0.3 is 0 Å². The molecule has 0 spiro atoms. The molecule has 0 aliphatic carbocycles. The van der Waals surface area contributed by atoms with Gasteiger partial charge in [0, 0.05) is 0 Å². The summed E-state index contributed by atoms with van der Waals surface area (Å²) in [4.78, 5) is 4.81. The average Bonchev–Trinajstić information content (AvgIpc) is 2.86.